The Morgan fingerprint density at radius 2 is 2.03 bits per heavy atom. The lowest BCUT2D eigenvalue weighted by atomic mass is 9.86. The van der Waals surface area contributed by atoms with E-state index in [9.17, 15) is 23.1 Å². The minimum absolute atomic E-state index is 0.0970. The molecule has 6 nitrogen and oxygen atoms in total. The van der Waals surface area contributed by atoms with Crippen molar-refractivity contribution in [2.24, 2.45) is 5.92 Å². The van der Waals surface area contributed by atoms with Crippen molar-refractivity contribution in [2.75, 3.05) is 11.9 Å². The van der Waals surface area contributed by atoms with E-state index in [-0.39, 0.29) is 18.4 Å². The van der Waals surface area contributed by atoms with Gasteiger partial charge in [0.1, 0.15) is 0 Å². The molecule has 2 aromatic rings. The molecule has 29 heavy (non-hydrogen) atoms. The van der Waals surface area contributed by atoms with E-state index >= 15 is 0 Å². The highest BCUT2D eigenvalue weighted by Gasteiger charge is 2.38. The summed E-state index contributed by atoms with van der Waals surface area (Å²) in [4.78, 5) is 19.7. The van der Waals surface area contributed by atoms with Crippen molar-refractivity contribution < 1.29 is 23.1 Å². The lowest BCUT2D eigenvalue weighted by molar-refractivity contribution is -0.141. The number of aliphatic hydroxyl groups excluding tert-OH is 1. The lowest BCUT2D eigenvalue weighted by Crippen LogP contribution is -2.37. The molecule has 2 unspecified atom stereocenters. The molecule has 1 aromatic heterocycles. The van der Waals surface area contributed by atoms with Crippen LogP contribution < -0.4 is 10.6 Å². The average Bonchev–Trinajstić information content (AvgIpc) is 2.66. The number of aliphatic hydroxyl groups is 1. The van der Waals surface area contributed by atoms with Crippen molar-refractivity contribution in [1.82, 2.24) is 15.3 Å². The summed E-state index contributed by atoms with van der Waals surface area (Å²) < 4.78 is 40.5. The molecule has 0 spiro atoms. The van der Waals surface area contributed by atoms with Crippen LogP contribution in [-0.4, -0.2) is 33.6 Å². The summed E-state index contributed by atoms with van der Waals surface area (Å²) >= 11 is 5.86. The van der Waals surface area contributed by atoms with Crippen LogP contribution in [0.5, 0.6) is 0 Å². The van der Waals surface area contributed by atoms with Crippen LogP contribution in [-0.2, 0) is 6.18 Å². The van der Waals surface area contributed by atoms with Gasteiger partial charge in [-0.2, -0.15) is 13.2 Å². The summed E-state index contributed by atoms with van der Waals surface area (Å²) in [5.41, 5.74) is -1.59. The Labute approximate surface area is 170 Å². The normalized spacial score (nSPS) is 19.6. The second-order valence-corrected chi connectivity index (χ2v) is 7.35. The first-order chi connectivity index (χ1) is 13.7. The molecule has 0 saturated heterocycles. The smallest absolute Gasteiger partial charge is 0.393 e. The van der Waals surface area contributed by atoms with Gasteiger partial charge in [0.2, 0.25) is 5.95 Å². The number of nitrogens with zero attached hydrogens (tertiary/aromatic N) is 2. The van der Waals surface area contributed by atoms with E-state index in [2.05, 4.69) is 20.6 Å². The molecule has 0 aliphatic heterocycles. The number of nitrogens with one attached hydrogen (secondary N) is 2. The molecule has 3 rings (SSSR count). The summed E-state index contributed by atoms with van der Waals surface area (Å²) in [5, 5.41) is 15.5. The summed E-state index contributed by atoms with van der Waals surface area (Å²) in [5.74, 6) is -1.41. The van der Waals surface area contributed by atoms with E-state index in [1.165, 1.54) is 6.07 Å². The van der Waals surface area contributed by atoms with Gasteiger partial charge in [0.05, 0.1) is 11.7 Å². The van der Waals surface area contributed by atoms with Gasteiger partial charge in [-0.15, -0.1) is 0 Å². The predicted octanol–water partition coefficient (Wildman–Crippen LogP) is 4.17. The molecule has 1 fully saturated rings. The fourth-order valence-corrected chi connectivity index (χ4v) is 3.46. The first-order valence-corrected chi connectivity index (χ1v) is 9.55. The van der Waals surface area contributed by atoms with Crippen LogP contribution in [0, 0.1) is 5.92 Å². The van der Waals surface area contributed by atoms with Crippen LogP contribution in [0.2, 0.25) is 5.02 Å². The average molecular weight is 429 g/mol. The van der Waals surface area contributed by atoms with Crippen LogP contribution in [0.1, 0.15) is 41.7 Å². The lowest BCUT2D eigenvalue weighted by Gasteiger charge is -2.27. The van der Waals surface area contributed by atoms with Crippen LogP contribution in [0.15, 0.2) is 30.5 Å². The second-order valence-electron chi connectivity index (χ2n) is 6.91. The number of amides is 1. The van der Waals surface area contributed by atoms with Gasteiger partial charge < -0.3 is 15.7 Å². The van der Waals surface area contributed by atoms with Crippen molar-refractivity contribution in [2.45, 2.75) is 38.0 Å². The zero-order valence-electron chi connectivity index (χ0n) is 15.3. The highest BCUT2D eigenvalue weighted by atomic mass is 35.5. The van der Waals surface area contributed by atoms with Gasteiger partial charge in [0, 0.05) is 29.4 Å². The van der Waals surface area contributed by atoms with Crippen molar-refractivity contribution in [3.05, 3.63) is 46.7 Å². The van der Waals surface area contributed by atoms with Gasteiger partial charge in [-0.3, -0.25) is 4.79 Å². The number of aromatic nitrogens is 2. The van der Waals surface area contributed by atoms with Gasteiger partial charge in [-0.25, -0.2) is 9.97 Å². The molecular formula is C19H20ClF3N4O2. The highest BCUT2D eigenvalue weighted by molar-refractivity contribution is 6.30. The maximum atomic E-state index is 13.5. The van der Waals surface area contributed by atoms with Crippen LogP contribution in [0.3, 0.4) is 0 Å². The monoisotopic (exact) mass is 428 g/mol. The number of hydrogen-bond acceptors (Lipinski definition) is 5. The minimum atomic E-state index is -4.84. The van der Waals surface area contributed by atoms with Crippen LogP contribution >= 0.6 is 11.6 Å². The first kappa shape index (κ1) is 21.3. The SMILES string of the molecule is O=C(NCC1CCCCC1O)c1cnc(Nc2cccc(Cl)c2)nc1C(F)(F)F. The quantitative estimate of drug-likeness (QED) is 0.665. The van der Waals surface area contributed by atoms with Crippen molar-refractivity contribution in [3.63, 3.8) is 0 Å². The largest absolute Gasteiger partial charge is 0.434 e. The molecule has 2 atom stereocenters. The van der Waals surface area contributed by atoms with Gasteiger partial charge >= 0.3 is 6.18 Å². The first-order valence-electron chi connectivity index (χ1n) is 9.17. The molecule has 3 N–H and O–H groups in total. The van der Waals surface area contributed by atoms with E-state index in [1.54, 1.807) is 18.2 Å². The number of halogens is 4. The van der Waals surface area contributed by atoms with E-state index < -0.39 is 29.4 Å². The Hall–Kier alpha value is -2.39. The third-order valence-corrected chi connectivity index (χ3v) is 5.01. The standard InChI is InChI=1S/C19H20ClF3N4O2/c20-12-5-3-6-13(8-12)26-18-25-10-14(16(27-18)19(21,22)23)17(29)24-9-11-4-1-2-7-15(11)28/h3,5-6,8,10-11,15,28H,1-2,4,7,9H2,(H,24,29)(H,25,26,27). The molecule has 1 saturated carbocycles. The molecule has 1 aromatic carbocycles. The van der Waals surface area contributed by atoms with Crippen LogP contribution in [0.25, 0.3) is 0 Å². The molecule has 1 aliphatic carbocycles. The molecule has 156 valence electrons. The van der Waals surface area contributed by atoms with Gasteiger partial charge in [0.15, 0.2) is 5.69 Å². The van der Waals surface area contributed by atoms with Crippen molar-refractivity contribution in [3.8, 4) is 0 Å². The molecule has 1 heterocycles. The number of carbonyl (C=O) groups is 1. The predicted molar refractivity (Wildman–Crippen MR) is 102 cm³/mol. The molecule has 0 radical (unpaired) electrons. The fraction of sp³-hybridized carbons (Fsp3) is 0.421. The third kappa shape index (κ3) is 5.57. The summed E-state index contributed by atoms with van der Waals surface area (Å²) in [6.45, 7) is 0.0970. The fourth-order valence-electron chi connectivity index (χ4n) is 3.26. The molecule has 10 heteroatoms. The van der Waals surface area contributed by atoms with Gasteiger partial charge in [-0.05, 0) is 31.0 Å². The number of rotatable bonds is 5. The van der Waals surface area contributed by atoms with Crippen molar-refractivity contribution in [1.29, 1.82) is 0 Å². The highest BCUT2D eigenvalue weighted by Crippen LogP contribution is 2.31. The van der Waals surface area contributed by atoms with E-state index in [0.29, 0.717) is 23.6 Å². The number of carbonyl (C=O) groups excluding carboxylic acids is 1. The number of benzene rings is 1. The Bertz CT molecular complexity index is 879. The summed E-state index contributed by atoms with van der Waals surface area (Å²) in [6.07, 6.45) is -1.41. The topological polar surface area (TPSA) is 87.1 Å². The number of alkyl halides is 3. The minimum Gasteiger partial charge on any atom is -0.393 e. The summed E-state index contributed by atoms with van der Waals surface area (Å²) in [6, 6.07) is 6.34. The maximum absolute atomic E-state index is 13.5. The molecular weight excluding hydrogens is 409 g/mol. The van der Waals surface area contributed by atoms with Crippen molar-refractivity contribution >= 4 is 29.1 Å². The zero-order chi connectivity index (χ0) is 21.0. The van der Waals surface area contributed by atoms with Gasteiger partial charge in [-0.1, -0.05) is 30.5 Å². The van der Waals surface area contributed by atoms with E-state index in [0.717, 1.165) is 19.0 Å². The molecule has 1 aliphatic rings. The molecule has 0 bridgehead atoms. The van der Waals surface area contributed by atoms with Crippen LogP contribution in [0.4, 0.5) is 24.8 Å². The van der Waals surface area contributed by atoms with E-state index in [1.807, 2.05) is 0 Å². The summed E-state index contributed by atoms with van der Waals surface area (Å²) in [7, 11) is 0. The Morgan fingerprint density at radius 3 is 2.72 bits per heavy atom. The maximum Gasteiger partial charge on any atom is 0.434 e. The Morgan fingerprint density at radius 1 is 1.28 bits per heavy atom. The Kier molecular flexibility index (Phi) is 6.59. The second kappa shape index (κ2) is 8.96. The number of anilines is 2. The third-order valence-electron chi connectivity index (χ3n) is 4.78. The Balaban J connectivity index is 1.77. The zero-order valence-corrected chi connectivity index (χ0v) is 16.1. The van der Waals surface area contributed by atoms with E-state index in [4.69, 9.17) is 11.6 Å². The number of hydrogen-bond donors (Lipinski definition) is 3. The molecule has 1 amide bonds. The van der Waals surface area contributed by atoms with Gasteiger partial charge in [0.25, 0.3) is 5.91 Å².